The Balaban J connectivity index is 1.39. The van der Waals surface area contributed by atoms with E-state index in [1.165, 1.54) is 0 Å². The molecule has 174 valence electrons. The Labute approximate surface area is 209 Å². The van der Waals surface area contributed by atoms with E-state index in [0.29, 0.717) is 22.5 Å². The summed E-state index contributed by atoms with van der Waals surface area (Å²) in [5.74, 6) is -0.627. The molecule has 0 aliphatic rings. The summed E-state index contributed by atoms with van der Waals surface area (Å²) in [6, 6.07) is 31.4. The number of thiocarbonyl (C=S) groups is 1. The Morgan fingerprint density at radius 1 is 0.629 bits per heavy atom. The normalized spacial score (nSPS) is 10.2. The van der Waals surface area contributed by atoms with E-state index in [9.17, 15) is 9.59 Å². The Bertz CT molecular complexity index is 1340. The number of carbonyl (C=O) groups is 2. The summed E-state index contributed by atoms with van der Waals surface area (Å²) >= 11 is 5.30. The third kappa shape index (κ3) is 6.52. The Kier molecular flexibility index (Phi) is 7.50. The van der Waals surface area contributed by atoms with Gasteiger partial charge in [-0.2, -0.15) is 0 Å². The van der Waals surface area contributed by atoms with Crippen molar-refractivity contribution in [2.45, 2.75) is 6.92 Å². The molecular weight excluding hydrogens is 456 g/mol. The topological polar surface area (TPSA) is 82.3 Å². The van der Waals surface area contributed by atoms with Crippen LogP contribution in [0, 0.1) is 6.92 Å². The predicted octanol–water partition coefficient (Wildman–Crippen LogP) is 6.12. The number of benzene rings is 4. The quantitative estimate of drug-likeness (QED) is 0.250. The van der Waals surface area contributed by atoms with E-state index in [1.807, 2.05) is 73.7 Å². The average Bonchev–Trinajstić information content (AvgIpc) is 2.86. The second kappa shape index (κ2) is 11.1. The highest BCUT2D eigenvalue weighted by Gasteiger charge is 2.14. The number of nitrogens with one attached hydrogen (secondary N) is 4. The zero-order chi connectivity index (χ0) is 24.6. The molecule has 4 aromatic carbocycles. The van der Waals surface area contributed by atoms with Gasteiger partial charge in [0.25, 0.3) is 11.8 Å². The Morgan fingerprint density at radius 3 is 1.94 bits per heavy atom. The molecule has 4 rings (SSSR count). The maximum absolute atomic E-state index is 13.0. The van der Waals surface area contributed by atoms with Crippen LogP contribution in [-0.2, 0) is 0 Å². The standard InChI is InChI=1S/C28H24N4O2S/c1-19-11-13-20(14-12-19)26(33)32-28(35)31-25-10-6-5-9-24(25)27(34)30-23-17-15-22(16-18-23)29-21-7-3-2-4-8-21/h2-18,29H,1H3,(H,30,34)(H2,31,32,33,35). The molecule has 0 unspecified atom stereocenters. The van der Waals surface area contributed by atoms with Gasteiger partial charge in [0.05, 0.1) is 11.3 Å². The number of hydrogen-bond donors (Lipinski definition) is 4. The van der Waals surface area contributed by atoms with Crippen LogP contribution in [-0.4, -0.2) is 16.9 Å². The molecule has 4 N–H and O–H groups in total. The average molecular weight is 481 g/mol. The first-order chi connectivity index (χ1) is 17.0. The fraction of sp³-hybridized carbons (Fsp3) is 0.0357. The highest BCUT2D eigenvalue weighted by Crippen LogP contribution is 2.21. The van der Waals surface area contributed by atoms with Gasteiger partial charge in [-0.05, 0) is 79.8 Å². The zero-order valence-corrected chi connectivity index (χ0v) is 19.9. The summed E-state index contributed by atoms with van der Waals surface area (Å²) in [4.78, 5) is 25.4. The molecule has 35 heavy (non-hydrogen) atoms. The molecule has 2 amide bonds. The molecule has 0 fully saturated rings. The number of aryl methyl sites for hydroxylation is 1. The summed E-state index contributed by atoms with van der Waals surface area (Å²) in [6.07, 6.45) is 0. The van der Waals surface area contributed by atoms with Crippen molar-refractivity contribution in [1.82, 2.24) is 5.32 Å². The Hall–Kier alpha value is -4.49. The van der Waals surface area contributed by atoms with E-state index < -0.39 is 0 Å². The van der Waals surface area contributed by atoms with Crippen LogP contribution in [0.2, 0.25) is 0 Å². The highest BCUT2D eigenvalue weighted by molar-refractivity contribution is 7.80. The number of amides is 2. The van der Waals surface area contributed by atoms with Crippen LogP contribution in [0.4, 0.5) is 22.7 Å². The molecule has 0 bridgehead atoms. The van der Waals surface area contributed by atoms with Crippen molar-refractivity contribution in [2.24, 2.45) is 0 Å². The molecule has 0 heterocycles. The molecule has 6 nitrogen and oxygen atoms in total. The second-order valence-corrected chi connectivity index (χ2v) is 8.25. The van der Waals surface area contributed by atoms with Crippen molar-refractivity contribution >= 4 is 51.9 Å². The summed E-state index contributed by atoms with van der Waals surface area (Å²) in [7, 11) is 0. The third-order valence-electron chi connectivity index (χ3n) is 5.17. The lowest BCUT2D eigenvalue weighted by Crippen LogP contribution is -2.34. The molecule has 0 aliphatic heterocycles. The third-order valence-corrected chi connectivity index (χ3v) is 5.37. The van der Waals surface area contributed by atoms with Crippen LogP contribution in [0.15, 0.2) is 103 Å². The first-order valence-electron chi connectivity index (χ1n) is 11.0. The van der Waals surface area contributed by atoms with E-state index in [4.69, 9.17) is 12.2 Å². The smallest absolute Gasteiger partial charge is 0.257 e. The fourth-order valence-electron chi connectivity index (χ4n) is 3.35. The highest BCUT2D eigenvalue weighted by atomic mass is 32.1. The van der Waals surface area contributed by atoms with Gasteiger partial charge in [0.1, 0.15) is 0 Å². The molecule has 0 aliphatic carbocycles. The molecule has 0 saturated heterocycles. The Morgan fingerprint density at radius 2 is 1.23 bits per heavy atom. The van der Waals surface area contributed by atoms with E-state index in [2.05, 4.69) is 21.3 Å². The van der Waals surface area contributed by atoms with E-state index >= 15 is 0 Å². The van der Waals surface area contributed by atoms with E-state index in [1.54, 1.807) is 36.4 Å². The van der Waals surface area contributed by atoms with Crippen molar-refractivity contribution in [3.05, 3.63) is 120 Å². The molecule has 0 aromatic heterocycles. The second-order valence-electron chi connectivity index (χ2n) is 7.84. The van der Waals surface area contributed by atoms with E-state index in [0.717, 1.165) is 16.9 Å². The van der Waals surface area contributed by atoms with Crippen molar-refractivity contribution < 1.29 is 9.59 Å². The number of anilines is 4. The van der Waals surface area contributed by atoms with Gasteiger partial charge in [0.15, 0.2) is 5.11 Å². The van der Waals surface area contributed by atoms with Gasteiger partial charge in [-0.3, -0.25) is 14.9 Å². The van der Waals surface area contributed by atoms with Crippen LogP contribution in [0.5, 0.6) is 0 Å². The van der Waals surface area contributed by atoms with Gasteiger partial charge >= 0.3 is 0 Å². The fourth-order valence-corrected chi connectivity index (χ4v) is 3.55. The first kappa shape index (κ1) is 23.7. The number of hydrogen-bond acceptors (Lipinski definition) is 4. The minimum Gasteiger partial charge on any atom is -0.356 e. The van der Waals surface area contributed by atoms with Gasteiger partial charge in [-0.15, -0.1) is 0 Å². The largest absolute Gasteiger partial charge is 0.356 e. The van der Waals surface area contributed by atoms with Crippen LogP contribution >= 0.6 is 12.2 Å². The van der Waals surface area contributed by atoms with Gasteiger partial charge in [-0.1, -0.05) is 48.0 Å². The number of rotatable bonds is 6. The molecule has 0 spiro atoms. The lowest BCUT2D eigenvalue weighted by molar-refractivity contribution is 0.0976. The first-order valence-corrected chi connectivity index (χ1v) is 11.4. The zero-order valence-electron chi connectivity index (χ0n) is 19.0. The summed E-state index contributed by atoms with van der Waals surface area (Å²) < 4.78 is 0. The summed E-state index contributed by atoms with van der Waals surface area (Å²) in [5, 5.41) is 11.9. The van der Waals surface area contributed by atoms with Gasteiger partial charge in [0, 0.05) is 22.6 Å². The molecule has 0 radical (unpaired) electrons. The minimum atomic E-state index is -0.325. The SMILES string of the molecule is Cc1ccc(C(=O)NC(=S)Nc2ccccc2C(=O)Nc2ccc(Nc3ccccc3)cc2)cc1. The maximum Gasteiger partial charge on any atom is 0.257 e. The van der Waals surface area contributed by atoms with Crippen LogP contribution in [0.3, 0.4) is 0 Å². The predicted molar refractivity (Wildman–Crippen MR) is 145 cm³/mol. The van der Waals surface area contributed by atoms with Crippen molar-refractivity contribution in [3.8, 4) is 0 Å². The molecule has 0 atom stereocenters. The van der Waals surface area contributed by atoms with E-state index in [-0.39, 0.29) is 16.9 Å². The molecule has 4 aromatic rings. The number of carbonyl (C=O) groups excluding carboxylic acids is 2. The number of para-hydroxylation sites is 2. The van der Waals surface area contributed by atoms with Crippen molar-refractivity contribution in [1.29, 1.82) is 0 Å². The van der Waals surface area contributed by atoms with Crippen molar-refractivity contribution in [2.75, 3.05) is 16.0 Å². The van der Waals surface area contributed by atoms with Crippen LogP contribution in [0.25, 0.3) is 0 Å². The van der Waals surface area contributed by atoms with Gasteiger partial charge < -0.3 is 16.0 Å². The maximum atomic E-state index is 13.0. The van der Waals surface area contributed by atoms with Crippen LogP contribution in [0.1, 0.15) is 26.3 Å². The van der Waals surface area contributed by atoms with Crippen molar-refractivity contribution in [3.63, 3.8) is 0 Å². The summed E-state index contributed by atoms with van der Waals surface area (Å²) in [6.45, 7) is 1.95. The minimum absolute atomic E-state index is 0.104. The molecule has 0 saturated carbocycles. The molecular formula is C28H24N4O2S. The lowest BCUT2D eigenvalue weighted by Gasteiger charge is -2.14. The van der Waals surface area contributed by atoms with Gasteiger partial charge in [0.2, 0.25) is 0 Å². The molecule has 7 heteroatoms. The summed E-state index contributed by atoms with van der Waals surface area (Å²) in [5.41, 5.74) is 4.98. The van der Waals surface area contributed by atoms with Gasteiger partial charge in [-0.25, -0.2) is 0 Å². The lowest BCUT2D eigenvalue weighted by atomic mass is 10.1. The monoisotopic (exact) mass is 480 g/mol. The van der Waals surface area contributed by atoms with Crippen LogP contribution < -0.4 is 21.3 Å².